The minimum Gasteiger partial charge on any atom is -0.482 e. The second-order valence-electron chi connectivity index (χ2n) is 4.15. The van der Waals surface area contributed by atoms with Crippen molar-refractivity contribution >= 4 is 35.0 Å². The standard InChI is InChI=1S/C14H15N3O4S/c1-2-20-13(19)8-21-11-5-3-4-10(6-11)7-15-17-14-16-12(18)9-22-14/h3-7H,2,8-9H2,1H3,(H,16,17,18). The molecule has 0 aliphatic carbocycles. The van der Waals surface area contributed by atoms with Gasteiger partial charge in [-0.05, 0) is 24.6 Å². The molecular formula is C14H15N3O4S. The molecule has 0 bridgehead atoms. The van der Waals surface area contributed by atoms with Crippen LogP contribution in [-0.2, 0) is 14.3 Å². The highest BCUT2D eigenvalue weighted by Gasteiger charge is 2.15. The van der Waals surface area contributed by atoms with Gasteiger partial charge in [0.25, 0.3) is 0 Å². The van der Waals surface area contributed by atoms with Gasteiger partial charge >= 0.3 is 5.97 Å². The zero-order valence-electron chi connectivity index (χ0n) is 11.9. The molecule has 1 aromatic carbocycles. The average Bonchev–Trinajstić information content (AvgIpc) is 2.92. The number of hydrogen-bond acceptors (Lipinski definition) is 7. The molecular weight excluding hydrogens is 306 g/mol. The van der Waals surface area contributed by atoms with E-state index in [2.05, 4.69) is 15.5 Å². The molecule has 8 heteroatoms. The zero-order chi connectivity index (χ0) is 15.8. The van der Waals surface area contributed by atoms with Gasteiger partial charge in [-0.2, -0.15) is 5.10 Å². The Balaban J connectivity index is 1.91. The van der Waals surface area contributed by atoms with Crippen molar-refractivity contribution in [2.45, 2.75) is 6.92 Å². The van der Waals surface area contributed by atoms with Crippen LogP contribution in [-0.4, -0.2) is 42.2 Å². The van der Waals surface area contributed by atoms with Crippen LogP contribution in [0.15, 0.2) is 34.5 Å². The first kappa shape index (κ1) is 16.0. The summed E-state index contributed by atoms with van der Waals surface area (Å²) in [6.07, 6.45) is 1.54. The average molecular weight is 321 g/mol. The van der Waals surface area contributed by atoms with Crippen molar-refractivity contribution in [1.29, 1.82) is 0 Å². The van der Waals surface area contributed by atoms with Crippen LogP contribution in [0.4, 0.5) is 0 Å². The topological polar surface area (TPSA) is 89.3 Å². The first-order chi connectivity index (χ1) is 10.7. The van der Waals surface area contributed by atoms with Crippen molar-refractivity contribution < 1.29 is 19.1 Å². The van der Waals surface area contributed by atoms with Gasteiger partial charge in [0.1, 0.15) is 5.75 Å². The lowest BCUT2D eigenvalue weighted by molar-refractivity contribution is -0.145. The number of carbonyl (C=O) groups excluding carboxylic acids is 2. The van der Waals surface area contributed by atoms with Crippen LogP contribution in [0.2, 0.25) is 0 Å². The molecule has 0 aromatic heterocycles. The number of nitrogens with one attached hydrogen (secondary N) is 1. The fourth-order valence-corrected chi connectivity index (χ4v) is 2.19. The molecule has 1 fully saturated rings. The van der Waals surface area contributed by atoms with E-state index in [0.29, 0.717) is 23.3 Å². The predicted octanol–water partition coefficient (Wildman–Crippen LogP) is 1.18. The van der Waals surface area contributed by atoms with E-state index in [1.54, 1.807) is 25.1 Å². The van der Waals surface area contributed by atoms with Crippen LogP contribution < -0.4 is 10.1 Å². The molecule has 0 saturated carbocycles. The summed E-state index contributed by atoms with van der Waals surface area (Å²) in [6, 6.07) is 7.06. The molecule has 0 radical (unpaired) electrons. The molecule has 1 aliphatic rings. The summed E-state index contributed by atoms with van der Waals surface area (Å²) in [5.41, 5.74) is 0.764. The Kier molecular flexibility index (Phi) is 5.96. The van der Waals surface area contributed by atoms with Crippen molar-refractivity contribution in [3.05, 3.63) is 29.8 Å². The Morgan fingerprint density at radius 2 is 2.36 bits per heavy atom. The van der Waals surface area contributed by atoms with E-state index in [9.17, 15) is 9.59 Å². The highest BCUT2D eigenvalue weighted by atomic mass is 32.2. The second-order valence-corrected chi connectivity index (χ2v) is 5.12. The van der Waals surface area contributed by atoms with Crippen LogP contribution in [0, 0.1) is 0 Å². The molecule has 1 heterocycles. The van der Waals surface area contributed by atoms with E-state index >= 15 is 0 Å². The number of thioether (sulfide) groups is 1. The third-order valence-corrected chi connectivity index (χ3v) is 3.33. The summed E-state index contributed by atoms with van der Waals surface area (Å²) in [6.45, 7) is 1.92. The molecule has 22 heavy (non-hydrogen) atoms. The zero-order valence-corrected chi connectivity index (χ0v) is 12.8. The fourth-order valence-electron chi connectivity index (χ4n) is 1.56. The number of benzene rings is 1. The molecule has 7 nitrogen and oxygen atoms in total. The summed E-state index contributed by atoms with van der Waals surface area (Å²) in [5, 5.41) is 10.9. The van der Waals surface area contributed by atoms with Crippen LogP contribution >= 0.6 is 11.8 Å². The molecule has 116 valence electrons. The second kappa shape index (κ2) is 8.18. The number of carbonyl (C=O) groups is 2. The number of ether oxygens (including phenoxy) is 2. The molecule has 0 spiro atoms. The maximum Gasteiger partial charge on any atom is 0.344 e. The molecule has 1 aliphatic heterocycles. The molecule has 1 N–H and O–H groups in total. The molecule has 2 rings (SSSR count). The lowest BCUT2D eigenvalue weighted by Gasteiger charge is -2.05. The molecule has 1 saturated heterocycles. The van der Waals surface area contributed by atoms with Gasteiger partial charge in [-0.25, -0.2) is 4.79 Å². The number of esters is 1. The van der Waals surface area contributed by atoms with Gasteiger partial charge in [0.15, 0.2) is 11.8 Å². The van der Waals surface area contributed by atoms with Crippen molar-refractivity contribution in [3.8, 4) is 5.75 Å². The van der Waals surface area contributed by atoms with E-state index in [1.807, 2.05) is 6.07 Å². The SMILES string of the molecule is CCOC(=O)COc1cccc(C=NN=C2NC(=O)CS2)c1. The Morgan fingerprint density at radius 3 is 3.09 bits per heavy atom. The third-order valence-electron chi connectivity index (χ3n) is 2.46. The summed E-state index contributed by atoms with van der Waals surface area (Å²) in [7, 11) is 0. The lowest BCUT2D eigenvalue weighted by atomic mass is 10.2. The van der Waals surface area contributed by atoms with Gasteiger partial charge < -0.3 is 14.8 Å². The number of nitrogens with zero attached hydrogens (tertiary/aromatic N) is 2. The van der Waals surface area contributed by atoms with Crippen LogP contribution in [0.1, 0.15) is 12.5 Å². The number of hydrogen-bond donors (Lipinski definition) is 1. The molecule has 1 aromatic rings. The quantitative estimate of drug-likeness (QED) is 0.483. The van der Waals surface area contributed by atoms with Gasteiger partial charge in [0.2, 0.25) is 5.91 Å². The van der Waals surface area contributed by atoms with E-state index in [1.165, 1.54) is 18.0 Å². The largest absolute Gasteiger partial charge is 0.482 e. The predicted molar refractivity (Wildman–Crippen MR) is 84.2 cm³/mol. The molecule has 1 amide bonds. The van der Waals surface area contributed by atoms with Crippen LogP contribution in [0.5, 0.6) is 5.75 Å². The summed E-state index contributed by atoms with van der Waals surface area (Å²) < 4.78 is 10.1. The Labute approximate surface area is 131 Å². The van der Waals surface area contributed by atoms with E-state index in [-0.39, 0.29) is 12.5 Å². The number of amides is 1. The first-order valence-electron chi connectivity index (χ1n) is 6.59. The summed E-state index contributed by atoms with van der Waals surface area (Å²) in [5.74, 6) is 0.411. The van der Waals surface area contributed by atoms with E-state index < -0.39 is 5.97 Å². The highest BCUT2D eigenvalue weighted by Crippen LogP contribution is 2.12. The van der Waals surface area contributed by atoms with Gasteiger partial charge in [-0.15, -0.1) is 5.10 Å². The van der Waals surface area contributed by atoms with Gasteiger partial charge in [0, 0.05) is 0 Å². The van der Waals surface area contributed by atoms with E-state index in [4.69, 9.17) is 9.47 Å². The summed E-state index contributed by atoms with van der Waals surface area (Å²) >= 11 is 1.30. The Bertz CT molecular complexity index is 616. The molecule has 0 atom stereocenters. The summed E-state index contributed by atoms with van der Waals surface area (Å²) in [4.78, 5) is 22.2. The van der Waals surface area contributed by atoms with Crippen LogP contribution in [0.3, 0.4) is 0 Å². The van der Waals surface area contributed by atoms with Crippen molar-refractivity contribution in [3.63, 3.8) is 0 Å². The Morgan fingerprint density at radius 1 is 1.50 bits per heavy atom. The lowest BCUT2D eigenvalue weighted by Crippen LogP contribution is -2.19. The first-order valence-corrected chi connectivity index (χ1v) is 7.58. The van der Waals surface area contributed by atoms with Crippen molar-refractivity contribution in [2.75, 3.05) is 19.0 Å². The maximum absolute atomic E-state index is 11.2. The monoisotopic (exact) mass is 321 g/mol. The van der Waals surface area contributed by atoms with Gasteiger partial charge in [-0.3, -0.25) is 4.79 Å². The fraction of sp³-hybridized carbons (Fsp3) is 0.286. The van der Waals surface area contributed by atoms with Gasteiger partial charge in [-0.1, -0.05) is 23.9 Å². The minimum absolute atomic E-state index is 0.0756. The highest BCUT2D eigenvalue weighted by molar-refractivity contribution is 8.15. The van der Waals surface area contributed by atoms with Gasteiger partial charge in [0.05, 0.1) is 18.6 Å². The van der Waals surface area contributed by atoms with Crippen molar-refractivity contribution in [2.24, 2.45) is 10.2 Å². The minimum atomic E-state index is -0.415. The third kappa shape index (κ3) is 5.21. The Hall–Kier alpha value is -2.35. The maximum atomic E-state index is 11.2. The normalized spacial score (nSPS) is 16.0. The molecule has 0 unspecified atom stereocenters. The van der Waals surface area contributed by atoms with Crippen molar-refractivity contribution in [1.82, 2.24) is 5.32 Å². The number of rotatable bonds is 6. The number of amidine groups is 1. The van der Waals surface area contributed by atoms with E-state index in [0.717, 1.165) is 5.56 Å². The van der Waals surface area contributed by atoms with Crippen LogP contribution in [0.25, 0.3) is 0 Å². The smallest absolute Gasteiger partial charge is 0.344 e.